The van der Waals surface area contributed by atoms with Crippen molar-refractivity contribution in [2.24, 2.45) is 23.2 Å². The van der Waals surface area contributed by atoms with Gasteiger partial charge in [0.05, 0.1) is 0 Å². The molecule has 0 aromatic heterocycles. The second-order valence-corrected chi connectivity index (χ2v) is 11.3. The molecule has 5 unspecified atom stereocenters. The minimum atomic E-state index is -0.122. The summed E-state index contributed by atoms with van der Waals surface area (Å²) in [5, 5.41) is 10.1. The van der Waals surface area contributed by atoms with E-state index < -0.39 is 0 Å². The molecule has 6 atom stereocenters. The lowest BCUT2D eigenvalue weighted by atomic mass is 9.52. The van der Waals surface area contributed by atoms with Gasteiger partial charge in [-0.3, -0.25) is 4.79 Å². The Kier molecular flexibility index (Phi) is 7.52. The Hall–Kier alpha value is -1.51. The van der Waals surface area contributed by atoms with Gasteiger partial charge < -0.3 is 9.84 Å². The van der Waals surface area contributed by atoms with E-state index in [0.717, 1.165) is 19.3 Å². The maximum Gasteiger partial charge on any atom is 0.302 e. The van der Waals surface area contributed by atoms with Crippen molar-refractivity contribution in [3.05, 3.63) is 29.3 Å². The Bertz CT molecular complexity index is 787. The molecule has 0 radical (unpaired) electrons. The lowest BCUT2D eigenvalue weighted by Gasteiger charge is -2.53. The highest BCUT2D eigenvalue weighted by molar-refractivity contribution is 5.66. The van der Waals surface area contributed by atoms with Crippen LogP contribution < -0.4 is 0 Å². The molecule has 3 aliphatic carbocycles. The zero-order valence-electron chi connectivity index (χ0n) is 20.6. The Morgan fingerprint density at radius 2 is 1.84 bits per heavy atom. The van der Waals surface area contributed by atoms with Crippen LogP contribution >= 0.6 is 0 Å². The van der Waals surface area contributed by atoms with Crippen molar-refractivity contribution in [1.29, 1.82) is 0 Å². The van der Waals surface area contributed by atoms with Crippen LogP contribution in [0, 0.1) is 23.2 Å². The molecule has 0 saturated heterocycles. The Balaban J connectivity index is 1.51. The van der Waals surface area contributed by atoms with E-state index in [4.69, 9.17) is 4.74 Å². The van der Waals surface area contributed by atoms with Gasteiger partial charge in [0.1, 0.15) is 11.9 Å². The van der Waals surface area contributed by atoms with Crippen LogP contribution in [0.4, 0.5) is 0 Å². The molecule has 1 aromatic carbocycles. The van der Waals surface area contributed by atoms with Gasteiger partial charge in [0.25, 0.3) is 0 Å². The van der Waals surface area contributed by atoms with Gasteiger partial charge in [-0.05, 0) is 85.5 Å². The van der Waals surface area contributed by atoms with E-state index in [1.807, 2.05) is 12.1 Å². The Morgan fingerprint density at radius 1 is 1.09 bits per heavy atom. The van der Waals surface area contributed by atoms with Crippen LogP contribution in [0.5, 0.6) is 5.75 Å². The van der Waals surface area contributed by atoms with Crippen LogP contribution in [0.15, 0.2) is 18.2 Å². The van der Waals surface area contributed by atoms with Crippen LogP contribution in [0.3, 0.4) is 0 Å². The highest BCUT2D eigenvalue weighted by Crippen LogP contribution is 2.63. The summed E-state index contributed by atoms with van der Waals surface area (Å²) in [4.78, 5) is 11.8. The van der Waals surface area contributed by atoms with Crippen molar-refractivity contribution >= 4 is 5.97 Å². The van der Waals surface area contributed by atoms with Crippen LogP contribution in [0.1, 0.15) is 115 Å². The fourth-order valence-corrected chi connectivity index (χ4v) is 7.77. The number of fused-ring (bicyclic) bond motifs is 5. The molecule has 3 nitrogen and oxygen atoms in total. The first kappa shape index (κ1) is 23.6. The molecule has 4 rings (SSSR count). The van der Waals surface area contributed by atoms with Gasteiger partial charge in [-0.2, -0.15) is 0 Å². The number of ether oxygens (including phenoxy) is 1. The number of aromatic hydroxyl groups is 1. The monoisotopic (exact) mass is 440 g/mol. The predicted octanol–water partition coefficient (Wildman–Crippen LogP) is 7.55. The molecular weight excluding hydrogens is 396 g/mol. The normalized spacial score (nSPS) is 33.3. The molecule has 0 heterocycles. The molecule has 32 heavy (non-hydrogen) atoms. The number of carbonyl (C=O) groups is 1. The van der Waals surface area contributed by atoms with Gasteiger partial charge in [0.15, 0.2) is 0 Å². The maximum atomic E-state index is 11.8. The highest BCUT2D eigenvalue weighted by atomic mass is 16.5. The summed E-state index contributed by atoms with van der Waals surface area (Å²) in [5.74, 6) is 2.90. The second kappa shape index (κ2) is 10.2. The van der Waals surface area contributed by atoms with Crippen LogP contribution in [-0.2, 0) is 16.0 Å². The molecule has 3 heteroatoms. The average Bonchev–Trinajstić information content (AvgIpc) is 3.08. The first-order chi connectivity index (χ1) is 15.4. The first-order valence-corrected chi connectivity index (χ1v) is 13.4. The fraction of sp³-hybridized carbons (Fsp3) is 0.759. The van der Waals surface area contributed by atoms with Crippen molar-refractivity contribution < 1.29 is 14.6 Å². The Morgan fingerprint density at radius 3 is 2.59 bits per heavy atom. The lowest BCUT2D eigenvalue weighted by Crippen LogP contribution is -2.48. The number of rotatable bonds is 9. The molecule has 2 saturated carbocycles. The molecule has 1 aromatic rings. The van der Waals surface area contributed by atoms with Crippen molar-refractivity contribution in [3.63, 3.8) is 0 Å². The van der Waals surface area contributed by atoms with E-state index >= 15 is 0 Å². The number of hydrogen-bond donors (Lipinski definition) is 1. The standard InChI is InChI=1S/C29H44O3/c1-4-5-6-7-8-9-10-11-21-18-22-19-23(31)12-13-24(22)25-16-17-29(3)26(28(21)25)14-15-27(29)32-20(2)30/h12-13,19,21,25-28,31H,4-11,14-18H2,1-3H3/t21?,25?,26?,27-,28?,29?/m0/s1. The van der Waals surface area contributed by atoms with E-state index in [9.17, 15) is 9.90 Å². The van der Waals surface area contributed by atoms with Crippen LogP contribution in [0.2, 0.25) is 0 Å². The third kappa shape index (κ3) is 4.73. The van der Waals surface area contributed by atoms with E-state index in [0.29, 0.717) is 29.4 Å². The number of benzene rings is 1. The summed E-state index contributed by atoms with van der Waals surface area (Å²) in [6.45, 7) is 6.25. The number of unbranched alkanes of at least 4 members (excludes halogenated alkanes) is 6. The zero-order valence-corrected chi connectivity index (χ0v) is 20.6. The van der Waals surface area contributed by atoms with E-state index in [1.54, 1.807) is 6.92 Å². The minimum Gasteiger partial charge on any atom is -0.508 e. The van der Waals surface area contributed by atoms with Crippen LogP contribution in [0.25, 0.3) is 0 Å². The number of esters is 1. The molecule has 178 valence electrons. The van der Waals surface area contributed by atoms with E-state index in [1.165, 1.54) is 75.3 Å². The SMILES string of the molecule is CCCCCCCCCC1Cc2cc(O)ccc2C2CCC3(C)C(CC[C@@H]3OC(C)=O)C12. The van der Waals surface area contributed by atoms with Gasteiger partial charge in [-0.25, -0.2) is 0 Å². The summed E-state index contributed by atoms with van der Waals surface area (Å²) < 4.78 is 5.86. The van der Waals surface area contributed by atoms with Crippen molar-refractivity contribution in [1.82, 2.24) is 0 Å². The molecule has 2 fully saturated rings. The molecular formula is C29H44O3. The Labute approximate surface area is 195 Å². The third-order valence-electron chi connectivity index (χ3n) is 9.28. The van der Waals surface area contributed by atoms with Crippen LogP contribution in [-0.4, -0.2) is 17.2 Å². The number of carbonyl (C=O) groups excluding carboxylic acids is 1. The summed E-state index contributed by atoms with van der Waals surface area (Å²) in [7, 11) is 0. The largest absolute Gasteiger partial charge is 0.508 e. The summed E-state index contributed by atoms with van der Waals surface area (Å²) in [6.07, 6.45) is 16.5. The zero-order chi connectivity index (χ0) is 22.7. The average molecular weight is 441 g/mol. The second-order valence-electron chi connectivity index (χ2n) is 11.3. The molecule has 3 aliphatic rings. The quantitative estimate of drug-likeness (QED) is 0.318. The highest BCUT2D eigenvalue weighted by Gasteiger charge is 2.57. The van der Waals surface area contributed by atoms with Crippen molar-refractivity contribution in [2.45, 2.75) is 116 Å². The van der Waals surface area contributed by atoms with E-state index in [-0.39, 0.29) is 17.5 Å². The van der Waals surface area contributed by atoms with Gasteiger partial charge in [0.2, 0.25) is 0 Å². The predicted molar refractivity (Wildman–Crippen MR) is 130 cm³/mol. The molecule has 0 amide bonds. The molecule has 1 N–H and O–H groups in total. The van der Waals surface area contributed by atoms with Gasteiger partial charge in [-0.15, -0.1) is 0 Å². The fourth-order valence-electron chi connectivity index (χ4n) is 7.77. The molecule has 0 spiro atoms. The smallest absolute Gasteiger partial charge is 0.302 e. The van der Waals surface area contributed by atoms with E-state index in [2.05, 4.69) is 19.9 Å². The topological polar surface area (TPSA) is 46.5 Å². The lowest BCUT2D eigenvalue weighted by molar-refractivity contribution is -0.155. The van der Waals surface area contributed by atoms with Gasteiger partial charge in [-0.1, -0.05) is 64.9 Å². The summed E-state index contributed by atoms with van der Waals surface area (Å²) in [6, 6.07) is 6.12. The number of phenolic OH excluding ortho intramolecular Hbond substituents is 1. The van der Waals surface area contributed by atoms with Crippen molar-refractivity contribution in [3.8, 4) is 5.75 Å². The summed E-state index contributed by atoms with van der Waals surface area (Å²) in [5.41, 5.74) is 3.00. The first-order valence-electron chi connectivity index (χ1n) is 13.4. The maximum absolute atomic E-state index is 11.8. The van der Waals surface area contributed by atoms with Gasteiger partial charge in [0, 0.05) is 12.3 Å². The number of phenols is 1. The third-order valence-corrected chi connectivity index (χ3v) is 9.28. The number of hydrogen-bond acceptors (Lipinski definition) is 3. The van der Waals surface area contributed by atoms with Gasteiger partial charge >= 0.3 is 5.97 Å². The summed E-state index contributed by atoms with van der Waals surface area (Å²) >= 11 is 0. The minimum absolute atomic E-state index is 0.0892. The molecule has 0 bridgehead atoms. The molecule has 0 aliphatic heterocycles. The van der Waals surface area contributed by atoms with Crippen molar-refractivity contribution in [2.75, 3.05) is 0 Å².